The Kier molecular flexibility index (Phi) is 8.94. The normalized spacial score (nSPS) is 11.9. The minimum absolute atomic E-state index is 0.168. The molecular weight excluding hydrogens is 516 g/mol. The highest BCUT2D eigenvalue weighted by molar-refractivity contribution is 7.89. The average Bonchev–Trinajstić information content (AvgIpc) is 3.32. The first-order valence-electron chi connectivity index (χ1n) is 12.7. The van der Waals surface area contributed by atoms with Gasteiger partial charge in [-0.25, -0.2) is 13.4 Å². The van der Waals surface area contributed by atoms with Crippen molar-refractivity contribution in [1.82, 2.24) is 14.2 Å². The minimum Gasteiger partial charge on any atom is -0.309 e. The number of aromatic nitrogens is 1. The molecule has 38 heavy (non-hydrogen) atoms. The molecule has 0 atom stereocenters. The SMILES string of the molecule is CCN(Cc1ccccc1)S(=O)(=O)c1ccc(C(=O)N(CCCN(C)C)c2nc3ccc(C)cc3s2)cc1. The summed E-state index contributed by atoms with van der Waals surface area (Å²) in [6.07, 6.45) is 0.783. The highest BCUT2D eigenvalue weighted by Crippen LogP contribution is 2.31. The number of rotatable bonds is 11. The standard InChI is InChI=1S/C29H34N4O3S2/c1-5-32(21-23-10-7-6-8-11-23)38(35,36)25-15-13-24(14-16-25)28(34)33(19-9-18-31(3)4)29-30-26-17-12-22(2)20-27(26)37-29/h6-8,10-17,20H,5,9,18-19,21H2,1-4H3. The summed E-state index contributed by atoms with van der Waals surface area (Å²) in [7, 11) is 0.290. The highest BCUT2D eigenvalue weighted by Gasteiger charge is 2.25. The third kappa shape index (κ3) is 6.47. The maximum absolute atomic E-state index is 13.7. The van der Waals surface area contributed by atoms with Crippen LogP contribution in [0.15, 0.2) is 77.7 Å². The molecule has 0 saturated carbocycles. The lowest BCUT2D eigenvalue weighted by Crippen LogP contribution is -2.33. The number of hydrogen-bond acceptors (Lipinski definition) is 6. The van der Waals surface area contributed by atoms with Crippen LogP contribution in [0.5, 0.6) is 0 Å². The van der Waals surface area contributed by atoms with Gasteiger partial charge < -0.3 is 4.90 Å². The summed E-state index contributed by atoms with van der Waals surface area (Å²) in [5.74, 6) is -0.194. The molecule has 0 unspecified atom stereocenters. The Balaban J connectivity index is 1.59. The summed E-state index contributed by atoms with van der Waals surface area (Å²) >= 11 is 1.49. The smallest absolute Gasteiger partial charge is 0.260 e. The van der Waals surface area contributed by atoms with Crippen LogP contribution in [0.4, 0.5) is 5.13 Å². The van der Waals surface area contributed by atoms with E-state index in [0.29, 0.717) is 23.8 Å². The van der Waals surface area contributed by atoms with Gasteiger partial charge >= 0.3 is 0 Å². The van der Waals surface area contributed by atoms with E-state index in [1.807, 2.05) is 70.4 Å². The number of benzene rings is 3. The zero-order valence-electron chi connectivity index (χ0n) is 22.3. The molecule has 1 aromatic heterocycles. The summed E-state index contributed by atoms with van der Waals surface area (Å²) in [4.78, 5) is 22.4. The van der Waals surface area contributed by atoms with Crippen LogP contribution in [0.1, 0.15) is 34.8 Å². The van der Waals surface area contributed by atoms with Gasteiger partial charge in [0.05, 0.1) is 15.1 Å². The van der Waals surface area contributed by atoms with Gasteiger partial charge in [-0.05, 0) is 81.5 Å². The van der Waals surface area contributed by atoms with E-state index in [4.69, 9.17) is 4.98 Å². The second-order valence-corrected chi connectivity index (χ2v) is 12.5. The lowest BCUT2D eigenvalue weighted by atomic mass is 10.2. The number of carbonyl (C=O) groups is 1. The van der Waals surface area contributed by atoms with Crippen molar-refractivity contribution in [2.45, 2.75) is 31.7 Å². The number of aryl methyl sites for hydroxylation is 1. The Bertz CT molecular complexity index is 1480. The predicted octanol–water partition coefficient (Wildman–Crippen LogP) is 5.41. The monoisotopic (exact) mass is 550 g/mol. The molecule has 4 aromatic rings. The van der Waals surface area contributed by atoms with Crippen molar-refractivity contribution >= 4 is 42.6 Å². The second kappa shape index (κ2) is 12.2. The van der Waals surface area contributed by atoms with Crippen LogP contribution >= 0.6 is 11.3 Å². The molecule has 0 N–H and O–H groups in total. The van der Waals surface area contributed by atoms with E-state index in [9.17, 15) is 13.2 Å². The molecule has 1 amide bonds. The van der Waals surface area contributed by atoms with Gasteiger partial charge in [0, 0.05) is 25.2 Å². The molecule has 7 nitrogen and oxygen atoms in total. The van der Waals surface area contributed by atoms with E-state index in [1.54, 1.807) is 17.0 Å². The Labute approximate surface area is 229 Å². The third-order valence-corrected chi connectivity index (χ3v) is 9.27. The molecule has 0 aliphatic carbocycles. The third-order valence-electron chi connectivity index (χ3n) is 6.29. The van der Waals surface area contributed by atoms with E-state index < -0.39 is 10.0 Å². The fourth-order valence-electron chi connectivity index (χ4n) is 4.19. The molecule has 0 fully saturated rings. The molecule has 9 heteroatoms. The van der Waals surface area contributed by atoms with Gasteiger partial charge in [-0.1, -0.05) is 54.7 Å². The van der Waals surface area contributed by atoms with Crippen LogP contribution in [-0.2, 0) is 16.6 Å². The molecule has 0 aliphatic rings. The lowest BCUT2D eigenvalue weighted by Gasteiger charge is -2.22. The number of thiazole rings is 1. The lowest BCUT2D eigenvalue weighted by molar-refractivity contribution is 0.0986. The zero-order valence-corrected chi connectivity index (χ0v) is 23.9. The van der Waals surface area contributed by atoms with Crippen LogP contribution in [-0.4, -0.2) is 62.2 Å². The number of hydrogen-bond donors (Lipinski definition) is 0. The fourth-order valence-corrected chi connectivity index (χ4v) is 6.72. The summed E-state index contributed by atoms with van der Waals surface area (Å²) < 4.78 is 29.2. The van der Waals surface area contributed by atoms with Gasteiger partial charge in [-0.15, -0.1) is 0 Å². The maximum atomic E-state index is 13.7. The largest absolute Gasteiger partial charge is 0.309 e. The van der Waals surface area contributed by atoms with Crippen molar-refractivity contribution in [2.24, 2.45) is 0 Å². The molecule has 3 aromatic carbocycles. The molecular formula is C29H34N4O3S2. The first-order valence-corrected chi connectivity index (χ1v) is 14.9. The number of nitrogens with zero attached hydrogens (tertiary/aromatic N) is 4. The average molecular weight is 551 g/mol. The predicted molar refractivity (Wildman–Crippen MR) is 155 cm³/mol. The Morgan fingerprint density at radius 2 is 1.66 bits per heavy atom. The van der Waals surface area contributed by atoms with Crippen molar-refractivity contribution in [3.8, 4) is 0 Å². The van der Waals surface area contributed by atoms with E-state index >= 15 is 0 Å². The Hall–Kier alpha value is -3.11. The van der Waals surface area contributed by atoms with Gasteiger partial charge in [-0.2, -0.15) is 4.31 Å². The van der Waals surface area contributed by atoms with Crippen LogP contribution in [0, 0.1) is 6.92 Å². The first kappa shape index (κ1) is 27.9. The summed E-state index contributed by atoms with van der Waals surface area (Å²) in [5.41, 5.74) is 3.35. The first-order chi connectivity index (χ1) is 18.2. The molecule has 0 saturated heterocycles. The van der Waals surface area contributed by atoms with Crippen molar-refractivity contribution in [3.05, 3.63) is 89.5 Å². The minimum atomic E-state index is -3.72. The maximum Gasteiger partial charge on any atom is 0.260 e. The van der Waals surface area contributed by atoms with Crippen molar-refractivity contribution in [2.75, 3.05) is 38.6 Å². The van der Waals surface area contributed by atoms with Gasteiger partial charge in [0.2, 0.25) is 10.0 Å². The number of anilines is 1. The van der Waals surface area contributed by atoms with Crippen molar-refractivity contribution in [1.29, 1.82) is 0 Å². The van der Waals surface area contributed by atoms with Crippen LogP contribution in [0.3, 0.4) is 0 Å². The van der Waals surface area contributed by atoms with Crippen LogP contribution in [0.2, 0.25) is 0 Å². The quantitative estimate of drug-likeness (QED) is 0.250. The van der Waals surface area contributed by atoms with Crippen molar-refractivity contribution in [3.63, 3.8) is 0 Å². The zero-order chi connectivity index (χ0) is 27.3. The van der Waals surface area contributed by atoms with E-state index in [1.165, 1.54) is 27.8 Å². The van der Waals surface area contributed by atoms with Gasteiger partial charge in [0.15, 0.2) is 5.13 Å². The van der Waals surface area contributed by atoms with E-state index in [-0.39, 0.29) is 17.3 Å². The van der Waals surface area contributed by atoms with Crippen molar-refractivity contribution < 1.29 is 13.2 Å². The van der Waals surface area contributed by atoms with E-state index in [2.05, 4.69) is 11.0 Å². The van der Waals surface area contributed by atoms with E-state index in [0.717, 1.165) is 34.3 Å². The number of amides is 1. The fraction of sp³-hybridized carbons (Fsp3) is 0.310. The van der Waals surface area contributed by atoms with Gasteiger partial charge in [0.1, 0.15) is 0 Å². The second-order valence-electron chi connectivity index (χ2n) is 9.52. The van der Waals surface area contributed by atoms with Crippen LogP contribution < -0.4 is 4.90 Å². The Morgan fingerprint density at radius 3 is 2.32 bits per heavy atom. The summed E-state index contributed by atoms with van der Waals surface area (Å²) in [5, 5.41) is 0.645. The Morgan fingerprint density at radius 1 is 0.947 bits per heavy atom. The summed E-state index contributed by atoms with van der Waals surface area (Å²) in [6, 6.07) is 21.8. The number of fused-ring (bicyclic) bond motifs is 1. The number of sulfonamides is 1. The van der Waals surface area contributed by atoms with Gasteiger partial charge in [0.25, 0.3) is 5.91 Å². The molecule has 0 aliphatic heterocycles. The molecule has 0 spiro atoms. The number of carbonyl (C=O) groups excluding carboxylic acids is 1. The van der Waals surface area contributed by atoms with Gasteiger partial charge in [-0.3, -0.25) is 9.69 Å². The topological polar surface area (TPSA) is 73.8 Å². The van der Waals surface area contributed by atoms with Crippen LogP contribution in [0.25, 0.3) is 10.2 Å². The molecule has 4 rings (SSSR count). The highest BCUT2D eigenvalue weighted by atomic mass is 32.2. The summed E-state index contributed by atoms with van der Waals surface area (Å²) in [6.45, 7) is 5.83. The molecule has 0 bridgehead atoms. The molecule has 1 heterocycles. The molecule has 200 valence electrons. The molecule has 0 radical (unpaired) electrons.